The van der Waals surface area contributed by atoms with Gasteiger partial charge < -0.3 is 28.5 Å². The average Bonchev–Trinajstić information content (AvgIpc) is 3.28. The van der Waals surface area contributed by atoms with Crippen LogP contribution in [-0.2, 0) is 17.7 Å². The summed E-state index contributed by atoms with van der Waals surface area (Å²) in [4.78, 5) is 23.1. The first-order valence-corrected chi connectivity index (χ1v) is 16.4. The molecule has 0 saturated carbocycles. The van der Waals surface area contributed by atoms with Gasteiger partial charge >= 0.3 is 17.1 Å². The van der Waals surface area contributed by atoms with Gasteiger partial charge in [-0.1, -0.05) is 55.4 Å². The molecule has 196 valence electrons. The molecule has 4 rings (SSSR count). The number of hydrogen-bond acceptors (Lipinski definition) is 9. The molecule has 0 radical (unpaired) electrons. The van der Waals surface area contributed by atoms with Crippen molar-refractivity contribution in [2.45, 2.75) is 102 Å². The number of aromatic nitrogens is 4. The second kappa shape index (κ2) is 9.36. The number of imidazole rings is 1. The van der Waals surface area contributed by atoms with Crippen molar-refractivity contribution in [1.82, 2.24) is 19.5 Å². The zero-order valence-corrected chi connectivity index (χ0v) is 23.8. The maximum Gasteiger partial charge on any atom is 0.335 e. The summed E-state index contributed by atoms with van der Waals surface area (Å²) < 4.78 is 28.7. The molecule has 2 aliphatic heterocycles. The number of H-pyrrole nitrogens is 1. The van der Waals surface area contributed by atoms with Crippen molar-refractivity contribution in [2.24, 2.45) is 0 Å². The minimum atomic E-state index is -2.91. The lowest BCUT2D eigenvalue weighted by atomic mass is 10.1. The van der Waals surface area contributed by atoms with Crippen LogP contribution >= 0.6 is 0 Å². The fourth-order valence-electron chi connectivity index (χ4n) is 5.50. The Hall–Kier alpha value is -1.62. The van der Waals surface area contributed by atoms with Crippen LogP contribution in [0.5, 0.6) is 0 Å². The van der Waals surface area contributed by atoms with E-state index in [1.165, 1.54) is 6.33 Å². The van der Waals surface area contributed by atoms with Gasteiger partial charge in [0.15, 0.2) is 17.4 Å². The van der Waals surface area contributed by atoms with Gasteiger partial charge in [-0.15, -0.1) is 0 Å². The molecule has 0 spiro atoms. The number of nitrogens with two attached hydrogens (primary N) is 1. The van der Waals surface area contributed by atoms with Crippen molar-refractivity contribution in [3.05, 3.63) is 16.7 Å². The van der Waals surface area contributed by atoms with Crippen LogP contribution in [0.1, 0.15) is 61.6 Å². The summed E-state index contributed by atoms with van der Waals surface area (Å²) >= 11 is 0. The number of ether oxygens (including phenoxy) is 1. The summed E-state index contributed by atoms with van der Waals surface area (Å²) in [6.45, 7) is 17.4. The first kappa shape index (κ1) is 26.4. The lowest BCUT2D eigenvalue weighted by molar-refractivity contribution is -0.0570. The Bertz CT molecular complexity index is 1100. The summed E-state index contributed by atoms with van der Waals surface area (Å²) in [7, 11) is -5.64. The maximum atomic E-state index is 12.3. The number of nitrogen functional groups attached to an aromatic ring is 1. The van der Waals surface area contributed by atoms with Gasteiger partial charge in [0, 0.05) is 0 Å². The third-order valence-corrected chi connectivity index (χ3v) is 17.6. The van der Waals surface area contributed by atoms with Gasteiger partial charge in [0.05, 0.1) is 12.9 Å². The van der Waals surface area contributed by atoms with E-state index in [0.717, 1.165) is 0 Å². The van der Waals surface area contributed by atoms with E-state index in [9.17, 15) is 9.90 Å². The second-order valence-electron chi connectivity index (χ2n) is 10.9. The third kappa shape index (κ3) is 4.20. The molecule has 2 aliphatic rings. The average molecular weight is 529 g/mol. The normalized spacial score (nSPS) is 28.7. The van der Waals surface area contributed by atoms with Gasteiger partial charge in [-0.2, -0.15) is 4.98 Å². The predicted octanol–water partition coefficient (Wildman–Crippen LogP) is 2.92. The van der Waals surface area contributed by atoms with Crippen LogP contribution in [0.4, 0.5) is 5.95 Å². The molecular weight excluding hydrogens is 489 g/mol. The summed E-state index contributed by atoms with van der Waals surface area (Å²) in [5.74, 6) is -0.0357. The zero-order chi connectivity index (χ0) is 25.9. The number of aliphatic hydroxyl groups is 1. The molecule has 1 unspecified atom stereocenters. The van der Waals surface area contributed by atoms with Crippen LogP contribution in [0, 0.1) is 0 Å². The topological polar surface area (TPSA) is 147 Å². The van der Waals surface area contributed by atoms with E-state index in [4.69, 9.17) is 23.4 Å². The lowest BCUT2D eigenvalue weighted by Crippen LogP contribution is -2.65. The molecule has 11 nitrogen and oxygen atoms in total. The standard InChI is InChI=1S/C22H39N5O6Si2/c1-11(2)34(12(3)4)30-9-15-18(32-35(33-34,13(5)6)14(7)8)17(28)21(31-15)27-10-24-16-19(27)25-22(23)26-20(16)29/h10-15,17-18,21,28H,9H2,1-8H3,(H3,23,25,26,29)/t15-,17+,18?,21-/m1/s1/i22+1,23+1,26+1. The molecule has 0 amide bonds. The molecular formula is C22H39N5O6Si2. The van der Waals surface area contributed by atoms with Crippen LogP contribution in [-0.4, -0.2) is 66.7 Å². The Balaban J connectivity index is 1.79. The number of aliphatic hydroxyl groups excluding tert-OH is 1. The molecule has 2 fully saturated rings. The van der Waals surface area contributed by atoms with Gasteiger partial charge in [0.25, 0.3) is 5.56 Å². The van der Waals surface area contributed by atoms with E-state index in [1.807, 2.05) is 0 Å². The van der Waals surface area contributed by atoms with Gasteiger partial charge in [0.2, 0.25) is 5.95 Å². The van der Waals surface area contributed by atoms with E-state index >= 15 is 0 Å². The molecule has 4 N–H and O–H groups in total. The van der Waals surface area contributed by atoms with Crippen molar-refractivity contribution >= 4 is 34.2 Å². The molecule has 0 aliphatic carbocycles. The Morgan fingerprint density at radius 2 is 1.69 bits per heavy atom. The first-order chi connectivity index (χ1) is 16.3. The van der Waals surface area contributed by atoms with Gasteiger partial charge in [0.1, 0.15) is 18.3 Å². The van der Waals surface area contributed by atoms with Crippen LogP contribution in [0.3, 0.4) is 0 Å². The van der Waals surface area contributed by atoms with Crippen molar-refractivity contribution in [3.63, 3.8) is 0 Å². The van der Waals surface area contributed by atoms with Crippen molar-refractivity contribution in [2.75, 3.05) is 12.3 Å². The maximum absolute atomic E-state index is 12.3. The Morgan fingerprint density at radius 1 is 1.09 bits per heavy atom. The molecule has 13 heteroatoms. The quantitative estimate of drug-likeness (QED) is 0.394. The Kier molecular flexibility index (Phi) is 7.07. The number of nitrogens with one attached hydrogen (secondary N) is 1. The molecule has 0 aromatic carbocycles. The summed E-state index contributed by atoms with van der Waals surface area (Å²) in [5.41, 5.74) is 6.33. The predicted molar refractivity (Wildman–Crippen MR) is 136 cm³/mol. The van der Waals surface area contributed by atoms with Crippen molar-refractivity contribution in [1.29, 1.82) is 0 Å². The van der Waals surface area contributed by atoms with Crippen LogP contribution < -0.4 is 11.3 Å². The molecule has 0 bridgehead atoms. The van der Waals surface area contributed by atoms with Gasteiger partial charge in [-0.05, 0) is 22.2 Å². The molecule has 2 saturated heterocycles. The number of rotatable bonds is 5. The highest BCUT2D eigenvalue weighted by Gasteiger charge is 2.61. The molecule has 4 heterocycles. The van der Waals surface area contributed by atoms with Crippen molar-refractivity contribution in [3.8, 4) is 0 Å². The highest BCUT2D eigenvalue weighted by Crippen LogP contribution is 2.48. The van der Waals surface area contributed by atoms with Gasteiger partial charge in [-0.3, -0.25) is 14.3 Å². The zero-order valence-electron chi connectivity index (χ0n) is 21.8. The van der Waals surface area contributed by atoms with Crippen LogP contribution in [0.15, 0.2) is 11.1 Å². The Morgan fingerprint density at radius 3 is 2.26 bits per heavy atom. The SMILES string of the molecule is CC(C)[Si]1(C(C)C)OC[C@H]2O[C@@H](n3cnc4c(=O)[15nH][13c]([15NH2])nc43)[C@@H](O)C2O[Si](C(C)C)(C(C)C)O1. The number of fused-ring (bicyclic) bond motifs is 2. The minimum Gasteiger partial charge on any atom is -0.414 e. The van der Waals surface area contributed by atoms with E-state index in [-0.39, 0.29) is 45.9 Å². The van der Waals surface area contributed by atoms with Gasteiger partial charge in [-0.25, -0.2) is 4.98 Å². The first-order valence-electron chi connectivity index (χ1n) is 12.4. The minimum absolute atomic E-state index is 0.0357. The summed E-state index contributed by atoms with van der Waals surface area (Å²) in [6.07, 6.45) is -1.67. The molecule has 2 aromatic heterocycles. The fourth-order valence-corrected chi connectivity index (χ4v) is 16.7. The largest absolute Gasteiger partial charge is 0.414 e. The highest BCUT2D eigenvalue weighted by atomic mass is 28.5. The second-order valence-corrected chi connectivity index (χ2v) is 19.7. The molecule has 35 heavy (non-hydrogen) atoms. The lowest BCUT2D eigenvalue weighted by Gasteiger charge is -2.51. The van der Waals surface area contributed by atoms with E-state index in [0.29, 0.717) is 0 Å². The number of hydrogen-bond donors (Lipinski definition) is 3. The smallest absolute Gasteiger partial charge is 0.335 e. The van der Waals surface area contributed by atoms with Crippen LogP contribution in [0.25, 0.3) is 11.2 Å². The monoisotopic (exact) mass is 528 g/mol. The number of nitrogens with zero attached hydrogens (tertiary/aromatic N) is 3. The highest BCUT2D eigenvalue weighted by molar-refractivity contribution is 6.83. The number of aromatic amines is 1. The fraction of sp³-hybridized carbons (Fsp3) is 0.773. The number of anilines is 1. The molecule has 4 atom stereocenters. The van der Waals surface area contributed by atoms with E-state index < -0.39 is 47.2 Å². The Labute approximate surface area is 207 Å². The van der Waals surface area contributed by atoms with Crippen molar-refractivity contribution < 1.29 is 22.8 Å². The summed E-state index contributed by atoms with van der Waals surface area (Å²) in [6, 6.07) is 0. The molecule has 2 aromatic rings. The van der Waals surface area contributed by atoms with E-state index in [2.05, 4.69) is 70.3 Å². The third-order valence-electron chi connectivity index (χ3n) is 7.37. The van der Waals surface area contributed by atoms with E-state index in [1.54, 1.807) is 4.57 Å². The summed E-state index contributed by atoms with van der Waals surface area (Å²) in [5, 5.41) is 11.5. The van der Waals surface area contributed by atoms with Crippen LogP contribution in [0.2, 0.25) is 22.2 Å².